The van der Waals surface area contributed by atoms with Crippen LogP contribution in [0.4, 0.5) is 5.82 Å². The molecule has 34 heavy (non-hydrogen) atoms. The third-order valence-electron chi connectivity index (χ3n) is 10.3. The molecule has 7 atom stereocenters. The van der Waals surface area contributed by atoms with E-state index in [1.54, 1.807) is 0 Å². The van der Waals surface area contributed by atoms with Crippen LogP contribution in [-0.2, 0) is 15.0 Å². The average molecular weight is 468 g/mol. The van der Waals surface area contributed by atoms with Gasteiger partial charge in [-0.05, 0) is 73.7 Å². The van der Waals surface area contributed by atoms with Crippen LogP contribution in [0.3, 0.4) is 0 Å². The summed E-state index contributed by atoms with van der Waals surface area (Å²) in [6.07, 6.45) is 11.6. The van der Waals surface area contributed by atoms with E-state index in [1.807, 2.05) is 24.1 Å². The number of fused-ring (bicyclic) bond motifs is 5. The predicted molar refractivity (Wildman–Crippen MR) is 132 cm³/mol. The molecular formula is C28H41N3O3. The van der Waals surface area contributed by atoms with Crippen LogP contribution in [0, 0.1) is 34.5 Å². The Kier molecular flexibility index (Phi) is 5.53. The summed E-state index contributed by atoms with van der Waals surface area (Å²) in [5.74, 6) is 3.87. The minimum absolute atomic E-state index is 0.0498. The third-order valence-corrected chi connectivity index (χ3v) is 10.3. The van der Waals surface area contributed by atoms with Gasteiger partial charge in [-0.1, -0.05) is 45.9 Å². The van der Waals surface area contributed by atoms with Crippen LogP contribution in [-0.4, -0.2) is 35.0 Å². The van der Waals surface area contributed by atoms with Crippen molar-refractivity contribution in [3.8, 4) is 0 Å². The van der Waals surface area contributed by atoms with Crippen LogP contribution in [0.5, 0.6) is 0 Å². The molecule has 1 N–H and O–H groups in total. The molecular weight excluding hydrogens is 426 g/mol. The second-order valence-electron chi connectivity index (χ2n) is 13.0. The Morgan fingerprint density at radius 1 is 1.18 bits per heavy atom. The number of anilines is 1. The van der Waals surface area contributed by atoms with Crippen LogP contribution in [0.15, 0.2) is 22.7 Å². The molecule has 2 amide bonds. The van der Waals surface area contributed by atoms with Crippen LogP contribution < -0.4 is 5.32 Å². The van der Waals surface area contributed by atoms with E-state index in [9.17, 15) is 9.59 Å². The lowest BCUT2D eigenvalue weighted by Gasteiger charge is -2.60. The van der Waals surface area contributed by atoms with E-state index in [2.05, 4.69) is 51.2 Å². The first-order chi connectivity index (χ1) is 15.9. The summed E-state index contributed by atoms with van der Waals surface area (Å²) in [5.41, 5.74) is 0.147. The number of rotatable bonds is 3. The number of likely N-dealkylation sites (N-methyl/N-ethyl adjacent to an activating group) is 1. The number of amides is 2. The van der Waals surface area contributed by atoms with Gasteiger partial charge >= 0.3 is 0 Å². The molecule has 6 nitrogen and oxygen atoms in total. The van der Waals surface area contributed by atoms with E-state index in [0.717, 1.165) is 18.6 Å². The van der Waals surface area contributed by atoms with E-state index in [0.29, 0.717) is 42.0 Å². The summed E-state index contributed by atoms with van der Waals surface area (Å²) < 4.78 is 5.44. The molecule has 3 fully saturated rings. The molecule has 1 aromatic heterocycles. The summed E-state index contributed by atoms with van der Waals surface area (Å²) in [5, 5.41) is 7.06. The fourth-order valence-corrected chi connectivity index (χ4v) is 8.29. The number of hydrogen-bond acceptors (Lipinski definition) is 4. The minimum Gasteiger partial charge on any atom is -0.359 e. The summed E-state index contributed by atoms with van der Waals surface area (Å²) in [7, 11) is 1.98. The number of aromatic nitrogens is 1. The number of carbonyl (C=O) groups is 2. The van der Waals surface area contributed by atoms with Crippen LogP contribution in [0.1, 0.15) is 85.3 Å². The number of nitrogens with zero attached hydrogens (tertiary/aromatic N) is 2. The van der Waals surface area contributed by atoms with Gasteiger partial charge in [-0.15, -0.1) is 0 Å². The Labute approximate surface area is 203 Å². The summed E-state index contributed by atoms with van der Waals surface area (Å²) >= 11 is 0. The zero-order chi connectivity index (χ0) is 24.5. The maximum atomic E-state index is 13.0. The molecule has 1 aromatic rings. The number of carbonyl (C=O) groups excluding carboxylic acids is 2. The molecule has 0 saturated heterocycles. The Bertz CT molecular complexity index is 1010. The Morgan fingerprint density at radius 2 is 1.94 bits per heavy atom. The number of hydrogen-bond donors (Lipinski definition) is 1. The van der Waals surface area contributed by atoms with Crippen LogP contribution >= 0.6 is 0 Å². The molecule has 3 saturated carbocycles. The largest absolute Gasteiger partial charge is 0.359 e. The van der Waals surface area contributed by atoms with E-state index < -0.39 is 0 Å². The zero-order valence-electron chi connectivity index (χ0n) is 21.7. The normalized spacial score (nSPS) is 39.4. The average Bonchev–Trinajstić information content (AvgIpc) is 3.36. The van der Waals surface area contributed by atoms with Crippen LogP contribution in [0.25, 0.3) is 0 Å². The van der Waals surface area contributed by atoms with Crippen molar-refractivity contribution in [2.45, 2.75) is 91.0 Å². The van der Waals surface area contributed by atoms with E-state index in [-0.39, 0.29) is 28.1 Å². The quantitative estimate of drug-likeness (QED) is 0.632. The monoisotopic (exact) mass is 467 g/mol. The van der Waals surface area contributed by atoms with Crippen molar-refractivity contribution in [3.63, 3.8) is 0 Å². The summed E-state index contributed by atoms with van der Waals surface area (Å²) in [6.45, 7) is 11.1. The van der Waals surface area contributed by atoms with Crippen molar-refractivity contribution in [2.24, 2.45) is 34.5 Å². The van der Waals surface area contributed by atoms with Gasteiger partial charge in [0.25, 0.3) is 0 Å². The molecule has 3 aliphatic carbocycles. The van der Waals surface area contributed by atoms with Crippen LogP contribution in [0.2, 0.25) is 0 Å². The zero-order valence-corrected chi connectivity index (χ0v) is 21.7. The van der Waals surface area contributed by atoms with Crippen molar-refractivity contribution in [1.29, 1.82) is 0 Å². The second kappa shape index (κ2) is 7.96. The Hall–Kier alpha value is -2.11. The predicted octanol–water partition coefficient (Wildman–Crippen LogP) is 5.56. The molecule has 0 aromatic carbocycles. The van der Waals surface area contributed by atoms with Crippen molar-refractivity contribution in [1.82, 2.24) is 10.1 Å². The highest BCUT2D eigenvalue weighted by Gasteiger charge is 2.60. The lowest BCUT2D eigenvalue weighted by atomic mass is 9.47. The van der Waals surface area contributed by atoms with Gasteiger partial charge in [-0.25, -0.2) is 0 Å². The van der Waals surface area contributed by atoms with Crippen molar-refractivity contribution in [2.75, 3.05) is 12.4 Å². The van der Waals surface area contributed by atoms with Crippen molar-refractivity contribution < 1.29 is 14.1 Å². The van der Waals surface area contributed by atoms with Gasteiger partial charge in [0.2, 0.25) is 11.8 Å². The first kappa shape index (κ1) is 23.6. The molecule has 0 radical (unpaired) electrons. The maximum absolute atomic E-state index is 13.0. The fraction of sp³-hybridized carbons (Fsp3) is 0.750. The summed E-state index contributed by atoms with van der Waals surface area (Å²) in [6, 6.07) is 2.17. The smallest absolute Gasteiger partial charge is 0.246 e. The molecule has 0 unspecified atom stereocenters. The van der Waals surface area contributed by atoms with E-state index in [4.69, 9.17) is 4.52 Å². The first-order valence-corrected chi connectivity index (χ1v) is 13.2. The lowest BCUT2D eigenvalue weighted by molar-refractivity contribution is -0.139. The van der Waals surface area contributed by atoms with Gasteiger partial charge in [0.05, 0.1) is 0 Å². The van der Waals surface area contributed by atoms with Gasteiger partial charge in [0, 0.05) is 36.4 Å². The highest BCUT2D eigenvalue weighted by atomic mass is 16.5. The molecule has 186 valence electrons. The van der Waals surface area contributed by atoms with Gasteiger partial charge in [-0.2, -0.15) is 0 Å². The van der Waals surface area contributed by atoms with E-state index >= 15 is 0 Å². The Morgan fingerprint density at radius 3 is 2.65 bits per heavy atom. The third kappa shape index (κ3) is 3.63. The molecule has 2 heterocycles. The van der Waals surface area contributed by atoms with Gasteiger partial charge in [0.15, 0.2) is 5.82 Å². The summed E-state index contributed by atoms with van der Waals surface area (Å²) in [4.78, 5) is 27.3. The SMILES string of the molecule is CN1C(=O)C=C[C@]2(C)[C@H]3CC[C@]4(C)[C@@H](CC(=O)Nc5cc(C(C)(C)C)on5)CC[C@H]4[C@@H]3CC[C@@H]12. The van der Waals surface area contributed by atoms with E-state index in [1.165, 1.54) is 25.7 Å². The number of nitrogens with one attached hydrogen (secondary N) is 1. The fourth-order valence-electron chi connectivity index (χ4n) is 8.29. The molecule has 1 aliphatic heterocycles. The van der Waals surface area contributed by atoms with Gasteiger partial charge < -0.3 is 14.7 Å². The first-order valence-electron chi connectivity index (χ1n) is 13.2. The molecule has 0 bridgehead atoms. The maximum Gasteiger partial charge on any atom is 0.246 e. The minimum atomic E-state index is -0.133. The molecule has 5 rings (SSSR count). The lowest BCUT2D eigenvalue weighted by Crippen LogP contribution is -2.59. The molecule has 6 heteroatoms. The van der Waals surface area contributed by atoms with Gasteiger partial charge in [0.1, 0.15) is 5.76 Å². The second-order valence-corrected chi connectivity index (χ2v) is 13.0. The standard InChI is InChI=1S/C28H41N3O3/c1-26(2,3)22-16-23(30-34-22)29-24(32)15-17-7-9-19-18-8-10-21-28(5,14-12-25(33)31(21)6)20(18)11-13-27(17,19)4/h12,14,16-21H,7-11,13,15H2,1-6H3,(H,29,30,32)/t17-,18+,19+,20+,21-,27-,28-/m1/s1. The van der Waals surface area contributed by atoms with Crippen molar-refractivity contribution >= 4 is 17.6 Å². The van der Waals surface area contributed by atoms with Gasteiger partial charge in [-0.3, -0.25) is 9.59 Å². The highest BCUT2D eigenvalue weighted by Crippen LogP contribution is 2.66. The Balaban J connectivity index is 1.28. The molecule has 4 aliphatic rings. The topological polar surface area (TPSA) is 75.4 Å². The van der Waals surface area contributed by atoms with Crippen molar-refractivity contribution in [3.05, 3.63) is 24.0 Å². The highest BCUT2D eigenvalue weighted by molar-refractivity contribution is 5.90. The molecule has 0 spiro atoms.